The maximum Gasteiger partial charge on any atom is 2.00 e. The molecule has 2 aromatic heterocycles. The topological polar surface area (TPSA) is 141 Å². The van der Waals surface area contributed by atoms with Gasteiger partial charge in [-0.2, -0.15) is 0 Å². The Labute approximate surface area is 138 Å². The summed E-state index contributed by atoms with van der Waals surface area (Å²) in [5.74, 6) is 0. The molecule has 0 fully saturated rings. The van der Waals surface area contributed by atoms with Crippen molar-refractivity contribution in [3.8, 4) is 0 Å². The van der Waals surface area contributed by atoms with Gasteiger partial charge in [-0.15, -0.1) is 19.9 Å². The number of hydrogen-bond acceptors (Lipinski definition) is 8. The molecule has 2 rings (SSSR count). The maximum atomic E-state index is 9.87. The summed E-state index contributed by atoms with van der Waals surface area (Å²) in [7, 11) is -4.13. The molecule has 96 valence electrons. The van der Waals surface area contributed by atoms with Crippen LogP contribution < -0.4 is 19.6 Å². The van der Waals surface area contributed by atoms with Gasteiger partial charge in [-0.25, -0.2) is 0 Å². The van der Waals surface area contributed by atoms with Gasteiger partial charge in [0.1, 0.15) is 0 Å². The monoisotopic (exact) mass is 294 g/mol. The van der Waals surface area contributed by atoms with Crippen molar-refractivity contribution in [3.63, 3.8) is 0 Å². The van der Waals surface area contributed by atoms with Crippen molar-refractivity contribution in [1.29, 1.82) is 0 Å². The first-order valence-electron chi connectivity index (χ1n) is 4.59. The number of hydrogen-bond donors (Lipinski definition) is 2. The van der Waals surface area contributed by atoms with E-state index in [4.69, 9.17) is 10.0 Å². The molecular formula is C6H8B2CaN4O6. The molecule has 0 amide bonds. The molecule has 19 heavy (non-hydrogen) atoms. The molecule has 0 radical (unpaired) electrons. The summed E-state index contributed by atoms with van der Waals surface area (Å²) in [4.78, 5) is 1.77. The predicted molar refractivity (Wildman–Crippen MR) is 59.3 cm³/mol. The molecule has 0 aromatic carbocycles. The Morgan fingerprint density at radius 2 is 1.26 bits per heavy atom. The number of nitrogens with zero attached hydrogens (tertiary/aromatic N) is 4. The van der Waals surface area contributed by atoms with Crippen molar-refractivity contribution < 1.29 is 29.6 Å². The van der Waals surface area contributed by atoms with Crippen molar-refractivity contribution in [2.75, 3.05) is 0 Å². The SMILES string of the molecule is [Ca+2].[O-]B(O)On1cccn1.[O-]B(O)On1cccn1. The smallest absolute Gasteiger partial charge is 0.819 e. The van der Waals surface area contributed by atoms with Crippen LogP contribution in [0.5, 0.6) is 0 Å². The summed E-state index contributed by atoms with van der Waals surface area (Å²) < 4.78 is 8.32. The minimum atomic E-state index is -2.06. The zero-order valence-corrected chi connectivity index (χ0v) is 11.9. The van der Waals surface area contributed by atoms with Gasteiger partial charge in [0.15, 0.2) is 0 Å². The first-order chi connectivity index (χ1) is 8.58. The zero-order valence-electron chi connectivity index (χ0n) is 9.64. The van der Waals surface area contributed by atoms with Gasteiger partial charge in [-0.1, -0.05) is 0 Å². The summed E-state index contributed by atoms with van der Waals surface area (Å²) in [6, 6.07) is 3.14. The molecule has 2 heterocycles. The predicted octanol–water partition coefficient (Wildman–Crippen LogP) is -5.08. The van der Waals surface area contributed by atoms with Gasteiger partial charge in [-0.05, 0) is 12.1 Å². The zero-order chi connectivity index (χ0) is 13.4. The summed E-state index contributed by atoms with van der Waals surface area (Å²) in [5, 5.41) is 42.9. The second-order valence-corrected chi connectivity index (χ2v) is 2.64. The molecule has 10 nitrogen and oxygen atoms in total. The van der Waals surface area contributed by atoms with Gasteiger partial charge in [0.2, 0.25) is 0 Å². The molecule has 2 aromatic rings. The fourth-order valence-electron chi connectivity index (χ4n) is 0.819. The van der Waals surface area contributed by atoms with Gasteiger partial charge in [-0.3, -0.25) is 0 Å². The number of rotatable bonds is 4. The van der Waals surface area contributed by atoms with Crippen molar-refractivity contribution in [3.05, 3.63) is 36.9 Å². The maximum absolute atomic E-state index is 9.87. The van der Waals surface area contributed by atoms with E-state index in [9.17, 15) is 10.0 Å². The van der Waals surface area contributed by atoms with Crippen molar-refractivity contribution in [2.45, 2.75) is 0 Å². The van der Waals surface area contributed by atoms with E-state index >= 15 is 0 Å². The third-order valence-corrected chi connectivity index (χ3v) is 1.36. The standard InChI is InChI=1S/2C3H4BN2O3.Ca/c2*7-4(8)9-6-3-1-2-5-6;/h2*1-3,7H;/q2*-1;+2. The fraction of sp³-hybridized carbons (Fsp3) is 0. The average molecular weight is 294 g/mol. The summed E-state index contributed by atoms with van der Waals surface area (Å²) in [5.41, 5.74) is 0. The van der Waals surface area contributed by atoms with Gasteiger partial charge in [0.25, 0.3) is 0 Å². The van der Waals surface area contributed by atoms with E-state index in [1.165, 1.54) is 24.8 Å². The second-order valence-electron chi connectivity index (χ2n) is 2.64. The average Bonchev–Trinajstić information content (AvgIpc) is 2.90. The van der Waals surface area contributed by atoms with Crippen LogP contribution in [-0.2, 0) is 0 Å². The minimum absolute atomic E-state index is 0. The largest absolute Gasteiger partial charge is 2.00 e. The van der Waals surface area contributed by atoms with E-state index in [0.29, 0.717) is 0 Å². The van der Waals surface area contributed by atoms with Crippen LogP contribution in [0.4, 0.5) is 0 Å². The first-order valence-corrected chi connectivity index (χ1v) is 4.59. The molecule has 0 atom stereocenters. The Morgan fingerprint density at radius 3 is 1.47 bits per heavy atom. The Kier molecular flexibility index (Phi) is 9.69. The molecule has 13 heteroatoms. The van der Waals surface area contributed by atoms with Crippen molar-refractivity contribution in [1.82, 2.24) is 19.9 Å². The van der Waals surface area contributed by atoms with E-state index in [1.807, 2.05) is 0 Å². The Bertz CT molecular complexity index is 373. The van der Waals surface area contributed by atoms with Crippen LogP contribution in [0.1, 0.15) is 0 Å². The van der Waals surface area contributed by atoms with Crippen molar-refractivity contribution >= 4 is 52.4 Å². The van der Waals surface area contributed by atoms with Gasteiger partial charge >= 0.3 is 52.4 Å². The Balaban J connectivity index is 0.000000324. The van der Waals surface area contributed by atoms with Gasteiger partial charge in [0.05, 0.1) is 24.8 Å². The van der Waals surface area contributed by atoms with Gasteiger partial charge < -0.3 is 29.6 Å². The molecule has 0 bridgehead atoms. The molecular weight excluding hydrogens is 286 g/mol. The van der Waals surface area contributed by atoms with Crippen LogP contribution in [-0.4, -0.2) is 82.3 Å². The third-order valence-electron chi connectivity index (χ3n) is 1.36. The van der Waals surface area contributed by atoms with Crippen LogP contribution >= 0.6 is 0 Å². The minimum Gasteiger partial charge on any atom is -0.819 e. The van der Waals surface area contributed by atoms with Crippen LogP contribution in [0, 0.1) is 0 Å². The Morgan fingerprint density at radius 1 is 0.895 bits per heavy atom. The van der Waals surface area contributed by atoms with Crippen LogP contribution in [0.15, 0.2) is 36.9 Å². The van der Waals surface area contributed by atoms with Gasteiger partial charge in [0, 0.05) is 0 Å². The molecule has 0 aliphatic heterocycles. The third kappa shape index (κ3) is 8.88. The van der Waals surface area contributed by atoms with Crippen LogP contribution in [0.3, 0.4) is 0 Å². The van der Waals surface area contributed by atoms with E-state index in [2.05, 4.69) is 19.7 Å². The molecule has 0 spiro atoms. The quantitative estimate of drug-likeness (QED) is 0.533. The first kappa shape index (κ1) is 18.2. The van der Waals surface area contributed by atoms with E-state index in [1.54, 1.807) is 12.1 Å². The molecule has 0 saturated heterocycles. The normalized spacial score (nSPS) is 8.63. The molecule has 0 aliphatic rings. The summed E-state index contributed by atoms with van der Waals surface area (Å²) >= 11 is 0. The fourth-order valence-corrected chi connectivity index (χ4v) is 0.819. The van der Waals surface area contributed by atoms with E-state index in [-0.39, 0.29) is 37.7 Å². The van der Waals surface area contributed by atoms with Crippen LogP contribution in [0.25, 0.3) is 0 Å². The molecule has 0 saturated carbocycles. The molecule has 2 N–H and O–H groups in total. The summed E-state index contributed by atoms with van der Waals surface area (Å²) in [6.07, 6.45) is 5.67. The summed E-state index contributed by atoms with van der Waals surface area (Å²) in [6.45, 7) is 0. The van der Waals surface area contributed by atoms with Crippen LogP contribution in [0.2, 0.25) is 0 Å². The number of aromatic nitrogens is 4. The Hall–Kier alpha value is -0.750. The van der Waals surface area contributed by atoms with Crippen molar-refractivity contribution in [2.24, 2.45) is 0 Å². The second kappa shape index (κ2) is 10.1. The van der Waals surface area contributed by atoms with E-state index < -0.39 is 14.6 Å². The molecule has 0 unspecified atom stereocenters. The van der Waals surface area contributed by atoms with E-state index in [0.717, 1.165) is 9.69 Å². The molecule has 0 aliphatic carbocycles.